The number of piperidine rings is 1. The summed E-state index contributed by atoms with van der Waals surface area (Å²) in [6.07, 6.45) is 7.41. The maximum atomic E-state index is 13.9. The maximum Gasteiger partial charge on any atom is 0.250 e. The fourth-order valence-corrected chi connectivity index (χ4v) is 6.25. The summed E-state index contributed by atoms with van der Waals surface area (Å²) in [5.41, 5.74) is 1.44. The minimum atomic E-state index is -0.713. The third-order valence-electron chi connectivity index (χ3n) is 8.35. The summed E-state index contributed by atoms with van der Waals surface area (Å²) < 4.78 is 0. The summed E-state index contributed by atoms with van der Waals surface area (Å²) in [5.74, 6) is 0.267. The molecular formula is C30H38N4O3. The van der Waals surface area contributed by atoms with E-state index in [9.17, 15) is 14.4 Å². The predicted octanol–water partition coefficient (Wildman–Crippen LogP) is 3.59. The number of likely N-dealkylation sites (tertiary alicyclic amines) is 1. The van der Waals surface area contributed by atoms with Crippen LogP contribution < -0.4 is 10.2 Å². The smallest absolute Gasteiger partial charge is 0.250 e. The molecule has 2 aromatic rings. The Balaban J connectivity index is 1.24. The molecule has 0 bridgehead atoms. The summed E-state index contributed by atoms with van der Waals surface area (Å²) >= 11 is 0. The van der Waals surface area contributed by atoms with Crippen LogP contribution in [0.1, 0.15) is 50.5 Å². The quantitative estimate of drug-likeness (QED) is 0.628. The fraction of sp³-hybridized carbons (Fsp3) is 0.500. The molecule has 7 heteroatoms. The fourth-order valence-electron chi connectivity index (χ4n) is 6.25. The van der Waals surface area contributed by atoms with Gasteiger partial charge in [-0.1, -0.05) is 67.8 Å². The first kappa shape index (κ1) is 25.3. The van der Waals surface area contributed by atoms with Gasteiger partial charge in [-0.25, -0.2) is 0 Å². The van der Waals surface area contributed by atoms with Crippen molar-refractivity contribution in [3.63, 3.8) is 0 Å². The predicted molar refractivity (Wildman–Crippen MR) is 144 cm³/mol. The lowest BCUT2D eigenvalue weighted by molar-refractivity contribution is -0.142. The van der Waals surface area contributed by atoms with Crippen molar-refractivity contribution in [3.8, 4) is 0 Å². The number of nitrogens with one attached hydrogen (secondary N) is 1. The molecule has 37 heavy (non-hydrogen) atoms. The Hall–Kier alpha value is -3.35. The van der Waals surface area contributed by atoms with Crippen LogP contribution in [0.5, 0.6) is 0 Å². The zero-order valence-corrected chi connectivity index (χ0v) is 21.6. The van der Waals surface area contributed by atoms with Gasteiger partial charge < -0.3 is 20.0 Å². The van der Waals surface area contributed by atoms with Crippen LogP contribution in [-0.4, -0.2) is 65.9 Å². The molecule has 2 heterocycles. The van der Waals surface area contributed by atoms with E-state index < -0.39 is 5.54 Å². The van der Waals surface area contributed by atoms with Crippen LogP contribution >= 0.6 is 0 Å². The zero-order chi connectivity index (χ0) is 25.7. The first-order chi connectivity index (χ1) is 18.1. The van der Waals surface area contributed by atoms with Crippen molar-refractivity contribution in [2.24, 2.45) is 5.92 Å². The van der Waals surface area contributed by atoms with Crippen molar-refractivity contribution in [2.45, 2.75) is 56.9 Å². The molecule has 7 nitrogen and oxygen atoms in total. The molecule has 1 aliphatic carbocycles. The van der Waals surface area contributed by atoms with Crippen LogP contribution in [0.25, 0.3) is 0 Å². The molecule has 2 saturated heterocycles. The van der Waals surface area contributed by atoms with Gasteiger partial charge in [-0.3, -0.25) is 14.4 Å². The van der Waals surface area contributed by atoms with E-state index in [0.717, 1.165) is 37.8 Å². The van der Waals surface area contributed by atoms with E-state index in [0.29, 0.717) is 39.1 Å². The number of para-hydroxylation sites is 1. The van der Waals surface area contributed by atoms with Crippen molar-refractivity contribution in [3.05, 3.63) is 66.2 Å². The van der Waals surface area contributed by atoms with Gasteiger partial charge in [-0.15, -0.1) is 0 Å². The van der Waals surface area contributed by atoms with Gasteiger partial charge in [-0.2, -0.15) is 0 Å². The molecule has 2 aromatic carbocycles. The van der Waals surface area contributed by atoms with Crippen LogP contribution in [0.2, 0.25) is 0 Å². The van der Waals surface area contributed by atoms with Crippen molar-refractivity contribution >= 4 is 23.4 Å². The van der Waals surface area contributed by atoms with Gasteiger partial charge in [0.2, 0.25) is 11.8 Å². The molecule has 1 saturated carbocycles. The van der Waals surface area contributed by atoms with E-state index in [1.165, 1.54) is 12.0 Å². The van der Waals surface area contributed by atoms with Crippen LogP contribution in [0.3, 0.4) is 0 Å². The molecule has 1 N–H and O–H groups in total. The van der Waals surface area contributed by atoms with Crippen LogP contribution in [0, 0.1) is 5.92 Å². The lowest BCUT2D eigenvalue weighted by Gasteiger charge is -2.44. The number of hydrogen-bond acceptors (Lipinski definition) is 4. The topological polar surface area (TPSA) is 73.0 Å². The number of anilines is 1. The van der Waals surface area contributed by atoms with E-state index >= 15 is 0 Å². The second kappa shape index (κ2) is 11.4. The van der Waals surface area contributed by atoms with Crippen molar-refractivity contribution in [1.29, 1.82) is 0 Å². The molecule has 0 unspecified atom stereocenters. The number of carbonyl (C=O) groups excluding carboxylic acids is 3. The van der Waals surface area contributed by atoms with Gasteiger partial charge >= 0.3 is 0 Å². The first-order valence-corrected chi connectivity index (χ1v) is 13.8. The molecule has 1 spiro atoms. The minimum absolute atomic E-state index is 0.000622. The Labute approximate surface area is 219 Å². The Morgan fingerprint density at radius 1 is 0.892 bits per heavy atom. The molecule has 3 aliphatic rings. The van der Waals surface area contributed by atoms with Crippen LogP contribution in [0.4, 0.5) is 5.69 Å². The summed E-state index contributed by atoms with van der Waals surface area (Å²) in [6.45, 7) is 2.13. The van der Waals surface area contributed by atoms with Gasteiger partial charge in [-0.05, 0) is 49.8 Å². The van der Waals surface area contributed by atoms with Crippen LogP contribution in [-0.2, 0) is 20.8 Å². The average molecular weight is 503 g/mol. The largest absolute Gasteiger partial charge is 0.354 e. The highest BCUT2D eigenvalue weighted by molar-refractivity contribution is 5.96. The summed E-state index contributed by atoms with van der Waals surface area (Å²) in [4.78, 5) is 45.7. The van der Waals surface area contributed by atoms with Gasteiger partial charge in [0.05, 0.1) is 6.67 Å². The molecule has 3 amide bonds. The van der Waals surface area contributed by atoms with E-state index in [-0.39, 0.29) is 30.2 Å². The SMILES string of the molecule is O=C(CN1CN(c2ccccc2)C2(CCN(C(=O)C3CCCCC3)CC2)C1=O)NCCc1ccccc1. The van der Waals surface area contributed by atoms with Crippen LogP contribution in [0.15, 0.2) is 60.7 Å². The monoisotopic (exact) mass is 502 g/mol. The number of hydrogen-bond donors (Lipinski definition) is 1. The second-order valence-corrected chi connectivity index (χ2v) is 10.7. The Morgan fingerprint density at radius 2 is 1.54 bits per heavy atom. The number of nitrogens with zero attached hydrogens (tertiary/aromatic N) is 3. The lowest BCUT2D eigenvalue weighted by Crippen LogP contribution is -2.58. The van der Waals surface area contributed by atoms with Gasteiger partial charge in [0.15, 0.2) is 0 Å². The number of rotatable bonds is 7. The van der Waals surface area contributed by atoms with E-state index in [2.05, 4.69) is 10.2 Å². The third-order valence-corrected chi connectivity index (χ3v) is 8.35. The van der Waals surface area contributed by atoms with Crippen molar-refractivity contribution in [1.82, 2.24) is 15.1 Å². The Morgan fingerprint density at radius 3 is 2.22 bits per heavy atom. The van der Waals surface area contributed by atoms with E-state index in [4.69, 9.17) is 0 Å². The standard InChI is InChI=1S/C30H38N4O3/c35-27(31-19-16-24-10-4-1-5-11-24)22-33-23-34(26-14-8-3-9-15-26)30(29(33)37)17-20-32(21-18-30)28(36)25-12-6-2-7-13-25/h1,3-5,8-11,14-15,25H,2,6-7,12-13,16-23H2,(H,31,35). The Bertz CT molecular complexity index is 1080. The molecule has 2 aliphatic heterocycles. The third kappa shape index (κ3) is 5.50. The molecule has 5 rings (SSSR count). The minimum Gasteiger partial charge on any atom is -0.354 e. The second-order valence-electron chi connectivity index (χ2n) is 10.7. The molecule has 196 valence electrons. The van der Waals surface area contributed by atoms with E-state index in [1.807, 2.05) is 65.6 Å². The van der Waals surface area contributed by atoms with Gasteiger partial charge in [0.25, 0.3) is 5.91 Å². The molecule has 0 radical (unpaired) electrons. The van der Waals surface area contributed by atoms with Gasteiger partial charge in [0, 0.05) is 31.2 Å². The highest BCUT2D eigenvalue weighted by atomic mass is 16.2. The molecule has 0 aromatic heterocycles. The maximum absolute atomic E-state index is 13.9. The first-order valence-electron chi connectivity index (χ1n) is 13.8. The summed E-state index contributed by atoms with van der Waals surface area (Å²) in [6, 6.07) is 20.0. The summed E-state index contributed by atoms with van der Waals surface area (Å²) in [5, 5.41) is 2.98. The zero-order valence-electron chi connectivity index (χ0n) is 21.6. The van der Waals surface area contributed by atoms with Crippen molar-refractivity contribution < 1.29 is 14.4 Å². The number of amides is 3. The molecular weight excluding hydrogens is 464 g/mol. The summed E-state index contributed by atoms with van der Waals surface area (Å²) in [7, 11) is 0. The number of benzene rings is 2. The normalized spacial score (nSPS) is 19.9. The van der Waals surface area contributed by atoms with Crippen molar-refractivity contribution in [2.75, 3.05) is 37.7 Å². The highest BCUT2D eigenvalue weighted by Crippen LogP contribution is 2.40. The highest BCUT2D eigenvalue weighted by Gasteiger charge is 2.54. The van der Waals surface area contributed by atoms with E-state index in [1.54, 1.807) is 4.90 Å². The molecule has 0 atom stereocenters. The number of carbonyl (C=O) groups is 3. The lowest BCUT2D eigenvalue weighted by atomic mass is 9.83. The van der Waals surface area contributed by atoms with Gasteiger partial charge in [0.1, 0.15) is 12.1 Å². The average Bonchev–Trinajstić information content (AvgIpc) is 3.20. The Kier molecular flexibility index (Phi) is 7.77. The molecule has 3 fully saturated rings.